The summed E-state index contributed by atoms with van der Waals surface area (Å²) < 4.78 is 11.3. The molecule has 1 unspecified atom stereocenters. The zero-order valence-corrected chi connectivity index (χ0v) is 19.5. The van der Waals surface area contributed by atoms with Gasteiger partial charge in [-0.3, -0.25) is 10.1 Å². The van der Waals surface area contributed by atoms with Crippen molar-refractivity contribution in [3.8, 4) is 18.1 Å². The van der Waals surface area contributed by atoms with Gasteiger partial charge in [-0.05, 0) is 75.4 Å². The van der Waals surface area contributed by atoms with Crippen molar-refractivity contribution in [2.24, 2.45) is 0 Å². The zero-order valence-electron chi connectivity index (χ0n) is 18.7. The number of hydrogen-bond donors (Lipinski definition) is 0. The minimum absolute atomic E-state index is 0.0639. The van der Waals surface area contributed by atoms with E-state index >= 15 is 0 Å². The fourth-order valence-electron chi connectivity index (χ4n) is 3.83. The monoisotopic (exact) mass is 454 g/mol. The molecule has 1 fully saturated rings. The number of hydrogen-bond acceptors (Lipinski definition) is 5. The van der Waals surface area contributed by atoms with Crippen LogP contribution in [0, 0.1) is 36.3 Å². The lowest BCUT2D eigenvalue weighted by Gasteiger charge is -2.24. The van der Waals surface area contributed by atoms with Crippen molar-refractivity contribution in [3.05, 3.63) is 63.2 Å². The van der Waals surface area contributed by atoms with Crippen molar-refractivity contribution >= 4 is 22.6 Å². The summed E-state index contributed by atoms with van der Waals surface area (Å²) in [5.74, 6) is 5.04. The molecule has 2 aromatic rings. The molecule has 0 aromatic heterocycles. The van der Waals surface area contributed by atoms with Crippen LogP contribution in [0.1, 0.15) is 42.9 Å². The molecule has 0 spiro atoms. The van der Waals surface area contributed by atoms with Gasteiger partial charge in [0.15, 0.2) is 17.1 Å². The van der Waals surface area contributed by atoms with Crippen LogP contribution in [0.4, 0.5) is 5.69 Å². The largest absolute Gasteiger partial charge is 0.481 e. The standard InChI is InChI=1S/C25H28NO5S/c1-5-25(4,20-9-11-21(12-10-20)26(28)29)31-23(27)17-30-24-18(2)15-22(16-19(24)3)32-13-7-6-8-14-32/h1,9-12,15-16H,6-8,13-14,17H2,2-4H3/q+1. The van der Waals surface area contributed by atoms with Gasteiger partial charge in [0.1, 0.15) is 17.3 Å². The summed E-state index contributed by atoms with van der Waals surface area (Å²) in [7, 11) is 0.298. The van der Waals surface area contributed by atoms with Crippen molar-refractivity contribution < 1.29 is 19.2 Å². The van der Waals surface area contributed by atoms with E-state index in [9.17, 15) is 14.9 Å². The van der Waals surface area contributed by atoms with Crippen molar-refractivity contribution in [1.29, 1.82) is 0 Å². The van der Waals surface area contributed by atoms with Crippen LogP contribution in [0.25, 0.3) is 0 Å². The van der Waals surface area contributed by atoms with Crippen LogP contribution in [0.2, 0.25) is 0 Å². The third-order valence-corrected chi connectivity index (χ3v) is 8.07. The lowest BCUT2D eigenvalue weighted by Crippen LogP contribution is -2.30. The molecule has 1 saturated heterocycles. The van der Waals surface area contributed by atoms with Crippen LogP contribution < -0.4 is 4.74 Å². The van der Waals surface area contributed by atoms with Gasteiger partial charge in [0, 0.05) is 28.6 Å². The molecule has 1 heterocycles. The Morgan fingerprint density at radius 2 is 1.75 bits per heavy atom. The Morgan fingerprint density at radius 1 is 1.16 bits per heavy atom. The molecule has 0 bridgehead atoms. The Hall–Kier alpha value is -2.98. The number of carbonyl (C=O) groups excluding carboxylic acids is 1. The predicted molar refractivity (Wildman–Crippen MR) is 126 cm³/mol. The molecular weight excluding hydrogens is 426 g/mol. The average molecular weight is 455 g/mol. The molecule has 1 atom stereocenters. The van der Waals surface area contributed by atoms with Crippen LogP contribution >= 0.6 is 0 Å². The molecule has 1 aliphatic rings. The number of terminal acetylenes is 1. The Balaban J connectivity index is 1.66. The van der Waals surface area contributed by atoms with Crippen LogP contribution in [0.5, 0.6) is 5.75 Å². The van der Waals surface area contributed by atoms with Crippen LogP contribution in [-0.4, -0.2) is 29.0 Å². The minimum atomic E-state index is -1.36. The van der Waals surface area contributed by atoms with E-state index in [1.807, 2.05) is 13.8 Å². The van der Waals surface area contributed by atoms with E-state index in [2.05, 4.69) is 18.1 Å². The highest BCUT2D eigenvalue weighted by molar-refractivity contribution is 7.96. The topological polar surface area (TPSA) is 78.7 Å². The van der Waals surface area contributed by atoms with Crippen molar-refractivity contribution in [1.82, 2.24) is 0 Å². The molecule has 6 nitrogen and oxygen atoms in total. The van der Waals surface area contributed by atoms with Crippen LogP contribution in [0.15, 0.2) is 41.3 Å². The summed E-state index contributed by atoms with van der Waals surface area (Å²) >= 11 is 0. The number of non-ortho nitro benzene ring substituents is 1. The zero-order chi connectivity index (χ0) is 23.3. The van der Waals surface area contributed by atoms with Gasteiger partial charge in [0.25, 0.3) is 5.69 Å². The molecule has 7 heteroatoms. The maximum Gasteiger partial charge on any atom is 0.345 e. The predicted octanol–water partition coefficient (Wildman–Crippen LogP) is 4.84. The molecule has 0 amide bonds. The number of carbonyl (C=O) groups is 1. The Labute approximate surface area is 191 Å². The molecule has 0 saturated carbocycles. The molecular formula is C25H28NO5S+. The van der Waals surface area contributed by atoms with Crippen LogP contribution in [-0.2, 0) is 26.0 Å². The van der Waals surface area contributed by atoms with E-state index in [0.717, 1.165) is 11.1 Å². The van der Waals surface area contributed by atoms with Crippen molar-refractivity contribution in [2.75, 3.05) is 18.1 Å². The maximum atomic E-state index is 12.5. The fraction of sp³-hybridized carbons (Fsp3) is 0.400. The van der Waals surface area contributed by atoms with Crippen molar-refractivity contribution in [3.63, 3.8) is 0 Å². The Morgan fingerprint density at radius 3 is 2.28 bits per heavy atom. The fourth-order valence-corrected chi connectivity index (χ4v) is 6.30. The number of nitrogens with zero attached hydrogens (tertiary/aromatic N) is 1. The highest BCUT2D eigenvalue weighted by atomic mass is 32.2. The van der Waals surface area contributed by atoms with E-state index in [4.69, 9.17) is 15.9 Å². The maximum absolute atomic E-state index is 12.5. The number of rotatable bonds is 7. The van der Waals surface area contributed by atoms with Gasteiger partial charge in [-0.2, -0.15) is 0 Å². The summed E-state index contributed by atoms with van der Waals surface area (Å²) in [5.41, 5.74) is 1.06. The van der Waals surface area contributed by atoms with Crippen molar-refractivity contribution in [2.45, 2.75) is 50.5 Å². The number of esters is 1. The number of nitro groups is 1. The van der Waals surface area contributed by atoms with E-state index in [-0.39, 0.29) is 12.3 Å². The van der Waals surface area contributed by atoms with E-state index < -0.39 is 16.5 Å². The van der Waals surface area contributed by atoms with Gasteiger partial charge in [-0.15, -0.1) is 6.42 Å². The summed E-state index contributed by atoms with van der Waals surface area (Å²) in [4.78, 5) is 24.3. The average Bonchev–Trinajstić information content (AvgIpc) is 2.79. The molecule has 168 valence electrons. The summed E-state index contributed by atoms with van der Waals surface area (Å²) in [5, 5.41) is 10.9. The summed E-state index contributed by atoms with van der Waals surface area (Å²) in [6.45, 7) is 5.28. The normalized spacial score (nSPS) is 15.9. The highest BCUT2D eigenvalue weighted by Crippen LogP contribution is 2.31. The van der Waals surface area contributed by atoms with Gasteiger partial charge >= 0.3 is 5.97 Å². The second-order valence-electron chi connectivity index (χ2n) is 8.09. The molecule has 3 rings (SSSR count). The quantitative estimate of drug-likeness (QED) is 0.197. The van der Waals surface area contributed by atoms with E-state index in [1.165, 1.54) is 59.9 Å². The second kappa shape index (κ2) is 10.1. The minimum Gasteiger partial charge on any atom is -0.481 e. The summed E-state index contributed by atoms with van der Waals surface area (Å²) in [6.07, 6.45) is 9.52. The first-order valence-corrected chi connectivity index (χ1v) is 12.2. The third-order valence-electron chi connectivity index (χ3n) is 5.61. The molecule has 2 aromatic carbocycles. The Kier molecular flexibility index (Phi) is 7.47. The summed E-state index contributed by atoms with van der Waals surface area (Å²) in [6, 6.07) is 9.98. The first-order chi connectivity index (χ1) is 15.2. The van der Waals surface area contributed by atoms with Gasteiger partial charge in [0.05, 0.1) is 4.92 Å². The molecule has 0 radical (unpaired) electrons. The number of aryl methyl sites for hydroxylation is 2. The molecule has 0 N–H and O–H groups in total. The molecule has 32 heavy (non-hydrogen) atoms. The lowest BCUT2D eigenvalue weighted by atomic mass is 9.96. The van der Waals surface area contributed by atoms with Crippen LogP contribution in [0.3, 0.4) is 0 Å². The van der Waals surface area contributed by atoms with Gasteiger partial charge in [-0.25, -0.2) is 4.79 Å². The van der Waals surface area contributed by atoms with E-state index in [0.29, 0.717) is 22.2 Å². The number of nitro benzene ring substituents is 1. The first-order valence-electron chi connectivity index (χ1n) is 10.6. The third kappa shape index (κ3) is 5.43. The number of benzene rings is 2. The SMILES string of the molecule is C#CC(C)(OC(=O)COc1c(C)cc([S+]2CCCCC2)cc1C)c1ccc([N+](=O)[O-])cc1. The lowest BCUT2D eigenvalue weighted by molar-refractivity contribution is -0.384. The van der Waals surface area contributed by atoms with Gasteiger partial charge < -0.3 is 9.47 Å². The molecule has 1 aliphatic heterocycles. The first kappa shape index (κ1) is 23.7. The highest BCUT2D eigenvalue weighted by Gasteiger charge is 2.30. The molecule has 0 aliphatic carbocycles. The smallest absolute Gasteiger partial charge is 0.345 e. The van der Waals surface area contributed by atoms with Gasteiger partial charge in [-0.1, -0.05) is 5.92 Å². The second-order valence-corrected chi connectivity index (χ2v) is 10.4. The number of ether oxygens (including phenoxy) is 2. The van der Waals surface area contributed by atoms with E-state index in [1.54, 1.807) is 6.92 Å². The van der Waals surface area contributed by atoms with Gasteiger partial charge in [0.2, 0.25) is 0 Å². The Bertz CT molecular complexity index is 1010.